The summed E-state index contributed by atoms with van der Waals surface area (Å²) in [5.41, 5.74) is 1.19. The second-order valence-corrected chi connectivity index (χ2v) is 7.76. The van der Waals surface area contributed by atoms with E-state index in [0.717, 1.165) is 6.54 Å². The van der Waals surface area contributed by atoms with Crippen LogP contribution in [0, 0.1) is 0 Å². The van der Waals surface area contributed by atoms with Crippen molar-refractivity contribution in [1.82, 2.24) is 9.21 Å². The molecule has 2 aromatic carbocycles. The molecule has 0 unspecified atom stereocenters. The van der Waals surface area contributed by atoms with Gasteiger partial charge in [0.1, 0.15) is 6.23 Å². The quantitative estimate of drug-likeness (QED) is 0.833. The van der Waals surface area contributed by atoms with E-state index in [1.807, 2.05) is 24.3 Å². The van der Waals surface area contributed by atoms with Gasteiger partial charge in [-0.15, -0.1) is 0 Å². The molecule has 0 spiro atoms. The molecule has 0 N–H and O–H groups in total. The number of sulfonamides is 1. The van der Waals surface area contributed by atoms with Crippen LogP contribution in [0.3, 0.4) is 0 Å². The first-order valence-electron chi connectivity index (χ1n) is 7.97. The fraction of sp³-hybridized carbons (Fsp3) is 0.333. The van der Waals surface area contributed by atoms with E-state index in [1.54, 1.807) is 31.4 Å². The van der Waals surface area contributed by atoms with Gasteiger partial charge in [0.25, 0.3) is 0 Å². The van der Waals surface area contributed by atoms with Crippen molar-refractivity contribution in [1.29, 1.82) is 0 Å². The highest BCUT2D eigenvalue weighted by Gasteiger charge is 2.34. The molecule has 0 aromatic heterocycles. The van der Waals surface area contributed by atoms with Gasteiger partial charge in [-0.3, -0.25) is 4.90 Å². The average Bonchev–Trinajstić information content (AvgIpc) is 2.63. The van der Waals surface area contributed by atoms with E-state index in [4.69, 9.17) is 4.74 Å². The van der Waals surface area contributed by atoms with Crippen molar-refractivity contribution in [2.24, 2.45) is 0 Å². The summed E-state index contributed by atoms with van der Waals surface area (Å²) in [4.78, 5) is 2.50. The van der Waals surface area contributed by atoms with E-state index in [-0.39, 0.29) is 6.23 Å². The Morgan fingerprint density at radius 3 is 2.25 bits per heavy atom. The smallest absolute Gasteiger partial charge is 0.243 e. The molecule has 0 amide bonds. The summed E-state index contributed by atoms with van der Waals surface area (Å²) in [5.74, 6) is 0. The van der Waals surface area contributed by atoms with Gasteiger partial charge in [0, 0.05) is 26.7 Å². The van der Waals surface area contributed by atoms with Gasteiger partial charge in [0.15, 0.2) is 0 Å². The number of rotatable bonds is 5. The van der Waals surface area contributed by atoms with Gasteiger partial charge in [-0.05, 0) is 17.7 Å². The molecular formula is C18H22N2O3S. The van der Waals surface area contributed by atoms with Crippen molar-refractivity contribution in [3.05, 3.63) is 66.2 Å². The monoisotopic (exact) mass is 346 g/mol. The van der Waals surface area contributed by atoms with E-state index in [9.17, 15) is 8.42 Å². The molecule has 2 aromatic rings. The molecule has 1 atom stereocenters. The maximum absolute atomic E-state index is 12.8. The van der Waals surface area contributed by atoms with Gasteiger partial charge in [-0.1, -0.05) is 48.5 Å². The lowest BCUT2D eigenvalue weighted by molar-refractivity contribution is -0.0685. The van der Waals surface area contributed by atoms with E-state index < -0.39 is 10.0 Å². The Balaban J connectivity index is 1.73. The third-order valence-corrected chi connectivity index (χ3v) is 6.16. The topological polar surface area (TPSA) is 49.9 Å². The van der Waals surface area contributed by atoms with E-state index >= 15 is 0 Å². The summed E-state index contributed by atoms with van der Waals surface area (Å²) in [5, 5.41) is 0. The molecule has 24 heavy (non-hydrogen) atoms. The number of methoxy groups -OCH3 is 1. The molecule has 1 aliphatic rings. The molecule has 1 fully saturated rings. The molecule has 3 rings (SSSR count). The van der Waals surface area contributed by atoms with Gasteiger partial charge in [-0.25, -0.2) is 8.42 Å². The third-order valence-electron chi connectivity index (χ3n) is 4.29. The number of piperazine rings is 1. The maximum Gasteiger partial charge on any atom is 0.243 e. The van der Waals surface area contributed by atoms with Crippen molar-refractivity contribution in [2.75, 3.05) is 26.7 Å². The van der Waals surface area contributed by atoms with E-state index in [0.29, 0.717) is 24.5 Å². The van der Waals surface area contributed by atoms with Crippen LogP contribution in [0.15, 0.2) is 65.6 Å². The molecular weight excluding hydrogens is 324 g/mol. The minimum atomic E-state index is -3.47. The number of ether oxygens (including phenoxy) is 1. The summed E-state index contributed by atoms with van der Waals surface area (Å²) < 4.78 is 32.6. The summed E-state index contributed by atoms with van der Waals surface area (Å²) in [6, 6.07) is 18.7. The van der Waals surface area contributed by atoms with Gasteiger partial charge < -0.3 is 4.74 Å². The molecule has 0 bridgehead atoms. The molecule has 128 valence electrons. The Hall–Kier alpha value is -1.73. The van der Waals surface area contributed by atoms with Crippen LogP contribution in [0.25, 0.3) is 0 Å². The predicted octanol–water partition coefficient (Wildman–Crippen LogP) is 2.17. The zero-order valence-corrected chi connectivity index (χ0v) is 14.5. The lowest BCUT2D eigenvalue weighted by atomic mass is 10.2. The second-order valence-electron chi connectivity index (χ2n) is 5.82. The number of nitrogens with zero attached hydrogens (tertiary/aromatic N) is 2. The van der Waals surface area contributed by atoms with Crippen LogP contribution < -0.4 is 0 Å². The molecule has 5 nitrogen and oxygen atoms in total. The summed E-state index contributed by atoms with van der Waals surface area (Å²) in [7, 11) is -1.85. The van der Waals surface area contributed by atoms with Crippen LogP contribution in [-0.2, 0) is 21.3 Å². The van der Waals surface area contributed by atoms with Gasteiger partial charge in [0.2, 0.25) is 10.0 Å². The molecule has 0 saturated carbocycles. The second kappa shape index (κ2) is 7.44. The van der Waals surface area contributed by atoms with E-state index in [2.05, 4.69) is 17.0 Å². The SMILES string of the molecule is CO[C@@H]1CN(S(=O)(=O)c2ccccc2)CCN1Cc1ccccc1. The maximum atomic E-state index is 12.8. The molecule has 1 saturated heterocycles. The van der Waals surface area contributed by atoms with Gasteiger partial charge in [-0.2, -0.15) is 4.31 Å². The molecule has 1 aliphatic heterocycles. The number of benzene rings is 2. The lowest BCUT2D eigenvalue weighted by Crippen LogP contribution is -2.54. The van der Waals surface area contributed by atoms with Crippen molar-refractivity contribution < 1.29 is 13.2 Å². The van der Waals surface area contributed by atoms with Crippen LogP contribution in [0.4, 0.5) is 0 Å². The first-order chi connectivity index (χ1) is 11.6. The van der Waals surface area contributed by atoms with Crippen LogP contribution in [-0.4, -0.2) is 50.6 Å². The Morgan fingerprint density at radius 2 is 1.62 bits per heavy atom. The van der Waals surface area contributed by atoms with Crippen molar-refractivity contribution in [3.63, 3.8) is 0 Å². The van der Waals surface area contributed by atoms with Gasteiger partial charge >= 0.3 is 0 Å². The zero-order valence-electron chi connectivity index (χ0n) is 13.7. The summed E-state index contributed by atoms with van der Waals surface area (Å²) in [6.07, 6.45) is -0.252. The lowest BCUT2D eigenvalue weighted by Gasteiger charge is -2.39. The van der Waals surface area contributed by atoms with Crippen LogP contribution in [0.1, 0.15) is 5.56 Å². The molecule has 1 heterocycles. The highest BCUT2D eigenvalue weighted by Crippen LogP contribution is 2.21. The van der Waals surface area contributed by atoms with Crippen LogP contribution >= 0.6 is 0 Å². The van der Waals surface area contributed by atoms with Crippen molar-refractivity contribution in [2.45, 2.75) is 17.7 Å². The van der Waals surface area contributed by atoms with Crippen molar-refractivity contribution >= 4 is 10.0 Å². The number of hydrogen-bond acceptors (Lipinski definition) is 4. The normalized spacial score (nSPS) is 20.1. The highest BCUT2D eigenvalue weighted by atomic mass is 32.2. The summed E-state index contributed by atoms with van der Waals surface area (Å²) >= 11 is 0. The minimum Gasteiger partial charge on any atom is -0.365 e. The van der Waals surface area contributed by atoms with Crippen molar-refractivity contribution in [3.8, 4) is 0 Å². The Morgan fingerprint density at radius 1 is 1.00 bits per heavy atom. The van der Waals surface area contributed by atoms with Crippen LogP contribution in [0.2, 0.25) is 0 Å². The fourth-order valence-corrected chi connectivity index (χ4v) is 4.39. The first kappa shape index (κ1) is 17.1. The van der Waals surface area contributed by atoms with Crippen LogP contribution in [0.5, 0.6) is 0 Å². The zero-order chi connectivity index (χ0) is 17.0. The predicted molar refractivity (Wildman–Crippen MR) is 92.8 cm³/mol. The molecule has 0 radical (unpaired) electrons. The minimum absolute atomic E-state index is 0.252. The Labute approximate surface area is 143 Å². The first-order valence-corrected chi connectivity index (χ1v) is 9.41. The molecule has 0 aliphatic carbocycles. The molecule has 6 heteroatoms. The number of hydrogen-bond donors (Lipinski definition) is 0. The van der Waals surface area contributed by atoms with E-state index in [1.165, 1.54) is 9.87 Å². The Bertz CT molecular complexity index is 750. The standard InChI is InChI=1S/C18H22N2O3S/c1-23-18-15-20(24(21,22)17-10-6-3-7-11-17)13-12-19(18)14-16-8-4-2-5-9-16/h2-11,18H,12-15H2,1H3/t18-/m1/s1. The third kappa shape index (κ3) is 3.67. The highest BCUT2D eigenvalue weighted by molar-refractivity contribution is 7.89. The summed E-state index contributed by atoms with van der Waals surface area (Å²) in [6.45, 7) is 2.18. The Kier molecular flexibility index (Phi) is 5.30. The fourth-order valence-electron chi connectivity index (χ4n) is 2.95. The largest absolute Gasteiger partial charge is 0.365 e. The average molecular weight is 346 g/mol. The van der Waals surface area contributed by atoms with Gasteiger partial charge in [0.05, 0.1) is 11.4 Å².